The summed E-state index contributed by atoms with van der Waals surface area (Å²) in [5.41, 5.74) is -10.7. The van der Waals surface area contributed by atoms with E-state index in [1.165, 1.54) is 23.5 Å². The summed E-state index contributed by atoms with van der Waals surface area (Å²) in [5, 5.41) is -2.27. The lowest BCUT2D eigenvalue weighted by atomic mass is 9.71. The van der Waals surface area contributed by atoms with Crippen molar-refractivity contribution in [2.75, 3.05) is 24.0 Å². The molecule has 0 saturated carbocycles. The van der Waals surface area contributed by atoms with Gasteiger partial charge in [-0.05, 0) is 95.5 Å². The van der Waals surface area contributed by atoms with Crippen LogP contribution in [0.15, 0.2) is 36.4 Å². The van der Waals surface area contributed by atoms with E-state index in [9.17, 15) is 28.8 Å². The van der Waals surface area contributed by atoms with Crippen LogP contribution >= 0.6 is 46.7 Å². The number of hydrogen-bond donors (Lipinski definition) is 0. The molecule has 0 aromatic heterocycles. The minimum atomic E-state index is -6.18. The molecular formula is C29H22Cl2F6N2O6S2. The van der Waals surface area contributed by atoms with E-state index >= 15 is 26.3 Å². The fraction of sp³-hybridized carbons (Fsp3) is 0.379. The lowest BCUT2D eigenvalue weighted by Gasteiger charge is -2.38. The highest BCUT2D eigenvalue weighted by molar-refractivity contribution is 7.98. The van der Waals surface area contributed by atoms with Crippen molar-refractivity contribution < 1.29 is 55.1 Å². The van der Waals surface area contributed by atoms with Gasteiger partial charge in [-0.15, -0.1) is 0 Å². The maximum atomic E-state index is 15.0. The predicted octanol–water partition coefficient (Wildman–Crippen LogP) is 6.06. The number of amides is 4. The van der Waals surface area contributed by atoms with Crippen LogP contribution in [0.3, 0.4) is 0 Å². The van der Waals surface area contributed by atoms with Crippen molar-refractivity contribution >= 4 is 80.8 Å². The van der Waals surface area contributed by atoms with Gasteiger partial charge in [-0.25, -0.2) is 0 Å². The summed E-state index contributed by atoms with van der Waals surface area (Å²) in [4.78, 5) is 77.7. The van der Waals surface area contributed by atoms with Crippen molar-refractivity contribution in [3.8, 4) is 0 Å². The molecule has 0 radical (unpaired) electrons. The topological polar surface area (TPSA) is 109 Å². The van der Waals surface area contributed by atoms with Crippen molar-refractivity contribution in [1.29, 1.82) is 0 Å². The van der Waals surface area contributed by atoms with E-state index < -0.39 is 97.3 Å². The van der Waals surface area contributed by atoms with E-state index in [2.05, 4.69) is 0 Å². The number of imide groups is 2. The van der Waals surface area contributed by atoms with Crippen LogP contribution in [-0.4, -0.2) is 92.4 Å². The SMILES string of the molecule is CSCC[C@@H](C(=O)Cl)N1C(=O)c2ccc(C(c3ccc4c(c3)C(=O)N([C@@H](CCSC)C(=O)Cl)C4=O)(C(F)(F)F)C(F)(F)F)cc2C1=O. The van der Waals surface area contributed by atoms with Gasteiger partial charge in [0.1, 0.15) is 12.1 Å². The Hall–Kier alpha value is -3.08. The summed E-state index contributed by atoms with van der Waals surface area (Å²) in [6.07, 6.45) is -9.29. The Labute approximate surface area is 281 Å². The second-order valence-electron chi connectivity index (χ2n) is 10.4. The molecule has 4 amide bonds. The highest BCUT2D eigenvalue weighted by atomic mass is 35.5. The van der Waals surface area contributed by atoms with Crippen LogP contribution in [0.1, 0.15) is 65.4 Å². The Morgan fingerprint density at radius 2 is 0.957 bits per heavy atom. The molecule has 0 saturated heterocycles. The summed E-state index contributed by atoms with van der Waals surface area (Å²) in [6, 6.07) is -0.511. The van der Waals surface area contributed by atoms with E-state index in [4.69, 9.17) is 23.2 Å². The van der Waals surface area contributed by atoms with Gasteiger partial charge >= 0.3 is 12.4 Å². The van der Waals surface area contributed by atoms with Crippen LogP contribution in [0.4, 0.5) is 26.3 Å². The van der Waals surface area contributed by atoms with E-state index in [1.54, 1.807) is 12.5 Å². The monoisotopic (exact) mass is 742 g/mol. The summed E-state index contributed by atoms with van der Waals surface area (Å²) in [6.45, 7) is 0. The molecule has 18 heteroatoms. The molecule has 2 aromatic rings. The number of alkyl halides is 6. The van der Waals surface area contributed by atoms with Gasteiger partial charge in [0.15, 0.2) is 0 Å². The van der Waals surface area contributed by atoms with E-state index in [1.807, 2.05) is 0 Å². The third kappa shape index (κ3) is 6.06. The van der Waals surface area contributed by atoms with E-state index in [0.29, 0.717) is 34.1 Å². The fourth-order valence-electron chi connectivity index (χ4n) is 5.68. The first-order valence-corrected chi connectivity index (χ1v) is 17.0. The second-order valence-corrected chi connectivity index (χ2v) is 13.1. The molecule has 2 heterocycles. The van der Waals surface area contributed by atoms with Crippen LogP contribution in [0.5, 0.6) is 0 Å². The van der Waals surface area contributed by atoms with E-state index in [0.717, 1.165) is 0 Å². The molecule has 0 unspecified atom stereocenters. The van der Waals surface area contributed by atoms with Crippen LogP contribution in [0, 0.1) is 0 Å². The average molecular weight is 744 g/mol. The predicted molar refractivity (Wildman–Crippen MR) is 162 cm³/mol. The minimum Gasteiger partial charge on any atom is -0.279 e. The van der Waals surface area contributed by atoms with Crippen molar-refractivity contribution in [3.63, 3.8) is 0 Å². The molecule has 8 nitrogen and oxygen atoms in total. The molecule has 47 heavy (non-hydrogen) atoms. The zero-order valence-electron chi connectivity index (χ0n) is 24.1. The standard InChI is InChI=1S/C29H22Cl2F6N2O6S2/c1-46-9-7-19(21(30)40)38-23(42)15-5-3-13(11-17(15)25(38)44)27(28(32,33)34,29(35,36)37)14-4-6-16-18(12-14)26(45)39(24(16)43)20(22(31)41)8-10-47-2/h3-6,11-12,19-20H,7-10H2,1-2H3/t19-,20-/m0/s1. The molecule has 0 spiro atoms. The molecule has 2 aliphatic heterocycles. The third-order valence-corrected chi connectivity index (χ3v) is 9.68. The lowest BCUT2D eigenvalue weighted by Crippen LogP contribution is -2.55. The fourth-order valence-corrected chi connectivity index (χ4v) is 7.01. The number of benzene rings is 2. The zero-order valence-corrected chi connectivity index (χ0v) is 27.3. The first-order valence-electron chi connectivity index (χ1n) is 13.4. The summed E-state index contributed by atoms with van der Waals surface area (Å²) in [7, 11) is 0. The highest BCUT2D eigenvalue weighted by Crippen LogP contribution is 2.57. The third-order valence-electron chi connectivity index (χ3n) is 7.89. The van der Waals surface area contributed by atoms with Crippen molar-refractivity contribution in [2.24, 2.45) is 0 Å². The largest absolute Gasteiger partial charge is 0.411 e. The molecule has 0 N–H and O–H groups in total. The number of nitrogens with zero attached hydrogens (tertiary/aromatic N) is 2. The van der Waals surface area contributed by atoms with Crippen LogP contribution < -0.4 is 0 Å². The quantitative estimate of drug-likeness (QED) is 0.147. The maximum absolute atomic E-state index is 15.0. The number of hydrogen-bond acceptors (Lipinski definition) is 8. The van der Waals surface area contributed by atoms with Gasteiger partial charge in [-0.2, -0.15) is 49.9 Å². The highest BCUT2D eigenvalue weighted by Gasteiger charge is 2.73. The number of thioether (sulfide) groups is 2. The Balaban J connectivity index is 1.91. The smallest absolute Gasteiger partial charge is 0.279 e. The van der Waals surface area contributed by atoms with Crippen LogP contribution in [0.25, 0.3) is 0 Å². The van der Waals surface area contributed by atoms with Gasteiger partial charge in [0.2, 0.25) is 15.9 Å². The number of fused-ring (bicyclic) bond motifs is 2. The number of halogens is 8. The Bertz CT molecular complexity index is 1560. The van der Waals surface area contributed by atoms with Gasteiger partial charge in [0.05, 0.1) is 22.3 Å². The van der Waals surface area contributed by atoms with Crippen LogP contribution in [0.2, 0.25) is 0 Å². The lowest BCUT2D eigenvalue weighted by molar-refractivity contribution is -0.288. The van der Waals surface area contributed by atoms with E-state index in [-0.39, 0.29) is 36.5 Å². The summed E-state index contributed by atoms with van der Waals surface area (Å²) in [5.74, 6) is -4.43. The normalized spacial score (nSPS) is 16.5. The molecule has 0 aliphatic carbocycles. The first kappa shape index (κ1) is 36.8. The van der Waals surface area contributed by atoms with Gasteiger partial charge in [0.25, 0.3) is 23.6 Å². The summed E-state index contributed by atoms with van der Waals surface area (Å²) >= 11 is 13.7. The average Bonchev–Trinajstić information content (AvgIpc) is 3.36. The van der Waals surface area contributed by atoms with Crippen LogP contribution in [-0.2, 0) is 15.0 Å². The molecule has 252 valence electrons. The second kappa shape index (κ2) is 13.4. The minimum absolute atomic E-state index is 0.122. The number of carbonyl (C=O) groups excluding carboxylic acids is 6. The number of rotatable bonds is 12. The van der Waals surface area contributed by atoms with Gasteiger partial charge in [-0.3, -0.25) is 38.6 Å². The van der Waals surface area contributed by atoms with Crippen molar-refractivity contribution in [2.45, 2.75) is 42.7 Å². The summed E-state index contributed by atoms with van der Waals surface area (Å²) < 4.78 is 90.1. The van der Waals surface area contributed by atoms with Gasteiger partial charge in [-0.1, -0.05) is 12.1 Å². The molecule has 2 aromatic carbocycles. The van der Waals surface area contributed by atoms with Gasteiger partial charge < -0.3 is 0 Å². The van der Waals surface area contributed by atoms with Gasteiger partial charge in [0, 0.05) is 0 Å². The zero-order chi connectivity index (χ0) is 35.2. The first-order chi connectivity index (χ1) is 21.9. The molecule has 2 aliphatic rings. The maximum Gasteiger partial charge on any atom is 0.411 e. The molecule has 0 bridgehead atoms. The molecular weight excluding hydrogens is 721 g/mol. The molecule has 2 atom stereocenters. The van der Waals surface area contributed by atoms with Crippen molar-refractivity contribution in [1.82, 2.24) is 9.80 Å². The Morgan fingerprint density at radius 1 is 0.638 bits per heavy atom. The number of carbonyl (C=O) groups is 6. The Morgan fingerprint density at radius 3 is 1.23 bits per heavy atom. The Kier molecular flexibility index (Phi) is 10.5. The molecule has 4 rings (SSSR count). The molecule has 0 fully saturated rings. The van der Waals surface area contributed by atoms with Crippen molar-refractivity contribution in [3.05, 3.63) is 69.8 Å².